The summed E-state index contributed by atoms with van der Waals surface area (Å²) in [5, 5.41) is 8.65. The molecule has 23 heavy (non-hydrogen) atoms. The van der Waals surface area contributed by atoms with Gasteiger partial charge in [0.05, 0.1) is 0 Å². The van der Waals surface area contributed by atoms with Gasteiger partial charge in [-0.25, -0.2) is 0 Å². The van der Waals surface area contributed by atoms with Crippen molar-refractivity contribution in [3.63, 3.8) is 0 Å². The zero-order valence-electron chi connectivity index (χ0n) is 13.2. The number of rotatable bonds is 6. The Labute approximate surface area is 139 Å². The minimum Gasteiger partial charge on any atom is -0.484 e. The first-order valence-corrected chi connectivity index (χ1v) is 8.38. The SMILES string of the molecule is Cc1ccc(C)c(OCc2nnc(SCc3ccccc3)o2)c1. The van der Waals surface area contributed by atoms with Crippen molar-refractivity contribution in [1.29, 1.82) is 0 Å². The fourth-order valence-electron chi connectivity index (χ4n) is 2.08. The summed E-state index contributed by atoms with van der Waals surface area (Å²) in [4.78, 5) is 0. The van der Waals surface area contributed by atoms with E-state index in [9.17, 15) is 0 Å². The molecule has 0 unspecified atom stereocenters. The zero-order valence-corrected chi connectivity index (χ0v) is 14.0. The molecule has 3 aromatic rings. The molecule has 0 saturated carbocycles. The largest absolute Gasteiger partial charge is 0.484 e. The summed E-state index contributed by atoms with van der Waals surface area (Å²) in [5.41, 5.74) is 3.48. The Morgan fingerprint density at radius 2 is 1.87 bits per heavy atom. The number of hydrogen-bond donors (Lipinski definition) is 0. The fourth-order valence-corrected chi connectivity index (χ4v) is 2.81. The van der Waals surface area contributed by atoms with Crippen LogP contribution < -0.4 is 4.74 Å². The second-order valence-corrected chi connectivity index (χ2v) is 6.22. The average Bonchev–Trinajstić information content (AvgIpc) is 3.03. The van der Waals surface area contributed by atoms with Gasteiger partial charge in [-0.05, 0) is 36.6 Å². The van der Waals surface area contributed by atoms with Crippen molar-refractivity contribution in [2.75, 3.05) is 0 Å². The summed E-state index contributed by atoms with van der Waals surface area (Å²) < 4.78 is 11.4. The molecule has 0 aliphatic heterocycles. The Hall–Kier alpha value is -2.27. The smallest absolute Gasteiger partial charge is 0.277 e. The van der Waals surface area contributed by atoms with Gasteiger partial charge in [-0.15, -0.1) is 10.2 Å². The van der Waals surface area contributed by atoms with Crippen LogP contribution in [0, 0.1) is 13.8 Å². The van der Waals surface area contributed by atoms with E-state index in [-0.39, 0.29) is 6.61 Å². The number of aromatic nitrogens is 2. The van der Waals surface area contributed by atoms with Gasteiger partial charge in [0.25, 0.3) is 11.1 Å². The zero-order chi connectivity index (χ0) is 16.1. The number of ether oxygens (including phenoxy) is 1. The Bertz CT molecular complexity index is 772. The van der Waals surface area contributed by atoms with Gasteiger partial charge in [0.1, 0.15) is 5.75 Å². The van der Waals surface area contributed by atoms with Crippen LogP contribution in [0.4, 0.5) is 0 Å². The van der Waals surface area contributed by atoms with Crippen molar-refractivity contribution >= 4 is 11.8 Å². The Morgan fingerprint density at radius 1 is 1.04 bits per heavy atom. The molecule has 0 N–H and O–H groups in total. The van der Waals surface area contributed by atoms with Gasteiger partial charge in [-0.1, -0.05) is 54.2 Å². The van der Waals surface area contributed by atoms with Crippen LogP contribution in [0.3, 0.4) is 0 Å². The molecule has 0 amide bonds. The minimum atomic E-state index is 0.281. The highest BCUT2D eigenvalue weighted by atomic mass is 32.2. The van der Waals surface area contributed by atoms with E-state index in [2.05, 4.69) is 28.4 Å². The Kier molecular flexibility index (Phi) is 4.98. The van der Waals surface area contributed by atoms with E-state index in [1.165, 1.54) is 17.3 Å². The van der Waals surface area contributed by atoms with Crippen LogP contribution in [-0.2, 0) is 12.4 Å². The highest BCUT2D eigenvalue weighted by Gasteiger charge is 2.09. The third-order valence-corrected chi connectivity index (χ3v) is 4.24. The molecule has 0 bridgehead atoms. The van der Waals surface area contributed by atoms with E-state index in [1.807, 2.05) is 44.2 Å². The number of nitrogens with zero attached hydrogens (tertiary/aromatic N) is 2. The van der Waals surface area contributed by atoms with Crippen molar-refractivity contribution in [2.45, 2.75) is 31.4 Å². The predicted molar refractivity (Wildman–Crippen MR) is 90.5 cm³/mol. The van der Waals surface area contributed by atoms with Gasteiger partial charge in [-0.2, -0.15) is 0 Å². The third-order valence-electron chi connectivity index (χ3n) is 3.35. The molecule has 0 saturated heterocycles. The first kappa shape index (κ1) is 15.6. The van der Waals surface area contributed by atoms with E-state index in [1.54, 1.807) is 0 Å². The van der Waals surface area contributed by atoms with E-state index in [0.29, 0.717) is 11.1 Å². The van der Waals surface area contributed by atoms with Crippen LogP contribution >= 0.6 is 11.8 Å². The summed E-state index contributed by atoms with van der Waals surface area (Å²) in [6.07, 6.45) is 0. The predicted octanol–water partition coefficient (Wildman–Crippen LogP) is 4.56. The number of benzene rings is 2. The molecule has 0 fully saturated rings. The van der Waals surface area contributed by atoms with E-state index >= 15 is 0 Å². The maximum absolute atomic E-state index is 5.77. The fraction of sp³-hybridized carbons (Fsp3) is 0.222. The lowest BCUT2D eigenvalue weighted by molar-refractivity contribution is 0.250. The molecular formula is C18H18N2O2S. The molecular weight excluding hydrogens is 308 g/mol. The van der Waals surface area contributed by atoms with E-state index < -0.39 is 0 Å². The average molecular weight is 326 g/mol. The molecule has 0 radical (unpaired) electrons. The standard InChI is InChI=1S/C18H18N2O2S/c1-13-8-9-14(2)16(10-13)21-11-17-19-20-18(22-17)23-12-15-6-4-3-5-7-15/h3-10H,11-12H2,1-2H3. The van der Waals surface area contributed by atoms with Crippen LogP contribution in [0.25, 0.3) is 0 Å². The first-order chi connectivity index (χ1) is 11.2. The minimum absolute atomic E-state index is 0.281. The molecule has 4 nitrogen and oxygen atoms in total. The van der Waals surface area contributed by atoms with Gasteiger partial charge in [0.15, 0.2) is 6.61 Å². The van der Waals surface area contributed by atoms with E-state index in [0.717, 1.165) is 22.6 Å². The van der Waals surface area contributed by atoms with Gasteiger partial charge in [-0.3, -0.25) is 0 Å². The van der Waals surface area contributed by atoms with Crippen LogP contribution in [-0.4, -0.2) is 10.2 Å². The van der Waals surface area contributed by atoms with Crippen molar-refractivity contribution in [1.82, 2.24) is 10.2 Å². The third kappa shape index (κ3) is 4.36. The summed E-state index contributed by atoms with van der Waals surface area (Å²) in [6.45, 7) is 4.34. The lowest BCUT2D eigenvalue weighted by atomic mass is 10.1. The molecule has 3 rings (SSSR count). The molecule has 0 spiro atoms. The monoisotopic (exact) mass is 326 g/mol. The Balaban J connectivity index is 1.56. The van der Waals surface area contributed by atoms with Crippen molar-refractivity contribution in [2.24, 2.45) is 0 Å². The molecule has 0 aliphatic rings. The summed E-state index contributed by atoms with van der Waals surface area (Å²) >= 11 is 1.53. The molecule has 1 aromatic heterocycles. The summed E-state index contributed by atoms with van der Waals surface area (Å²) in [6, 6.07) is 16.3. The first-order valence-electron chi connectivity index (χ1n) is 7.40. The molecule has 1 heterocycles. The summed E-state index contributed by atoms with van der Waals surface area (Å²) in [7, 11) is 0. The highest BCUT2D eigenvalue weighted by Crippen LogP contribution is 2.23. The Morgan fingerprint density at radius 3 is 2.70 bits per heavy atom. The number of aryl methyl sites for hydroxylation is 2. The molecule has 0 atom stereocenters. The normalized spacial score (nSPS) is 10.7. The molecule has 0 aliphatic carbocycles. The van der Waals surface area contributed by atoms with Gasteiger partial charge in [0, 0.05) is 5.75 Å². The second kappa shape index (κ2) is 7.33. The van der Waals surface area contributed by atoms with Gasteiger partial charge >= 0.3 is 0 Å². The quantitative estimate of drug-likeness (QED) is 0.622. The maximum Gasteiger partial charge on any atom is 0.277 e. The van der Waals surface area contributed by atoms with Crippen LogP contribution in [0.15, 0.2) is 58.2 Å². The molecule has 2 aromatic carbocycles. The lowest BCUT2D eigenvalue weighted by Crippen LogP contribution is -1.97. The van der Waals surface area contributed by atoms with Crippen LogP contribution in [0.5, 0.6) is 5.75 Å². The summed E-state index contributed by atoms with van der Waals surface area (Å²) in [5.74, 6) is 2.14. The van der Waals surface area contributed by atoms with Crippen LogP contribution in [0.1, 0.15) is 22.6 Å². The lowest BCUT2D eigenvalue weighted by Gasteiger charge is -2.07. The molecule has 118 valence electrons. The maximum atomic E-state index is 5.77. The van der Waals surface area contributed by atoms with Crippen molar-refractivity contribution in [3.8, 4) is 5.75 Å². The van der Waals surface area contributed by atoms with Gasteiger partial charge in [0.2, 0.25) is 0 Å². The van der Waals surface area contributed by atoms with Gasteiger partial charge < -0.3 is 9.15 Å². The topological polar surface area (TPSA) is 48.2 Å². The number of thioether (sulfide) groups is 1. The second-order valence-electron chi connectivity index (χ2n) is 5.29. The van der Waals surface area contributed by atoms with E-state index in [4.69, 9.17) is 9.15 Å². The van der Waals surface area contributed by atoms with Crippen molar-refractivity contribution in [3.05, 3.63) is 71.1 Å². The molecule has 5 heteroatoms. The highest BCUT2D eigenvalue weighted by molar-refractivity contribution is 7.98. The van der Waals surface area contributed by atoms with Crippen molar-refractivity contribution < 1.29 is 9.15 Å². The number of hydrogen-bond acceptors (Lipinski definition) is 5. The van der Waals surface area contributed by atoms with Crippen LogP contribution in [0.2, 0.25) is 0 Å².